The maximum absolute atomic E-state index is 6.29. The molecule has 0 bridgehead atoms. The molecule has 2 N–H and O–H groups in total. The molecule has 0 amide bonds. The van der Waals surface area contributed by atoms with Crippen molar-refractivity contribution in [2.75, 3.05) is 46.7 Å². The minimum absolute atomic E-state index is 0.196. The van der Waals surface area contributed by atoms with Gasteiger partial charge in [0.15, 0.2) is 0 Å². The van der Waals surface area contributed by atoms with Crippen LogP contribution < -0.4 is 19.9 Å². The van der Waals surface area contributed by atoms with Crippen molar-refractivity contribution in [1.29, 1.82) is 0 Å². The molecule has 5 rings (SSSR count). The summed E-state index contributed by atoms with van der Waals surface area (Å²) in [5.74, 6) is 3.06. The molecule has 0 radical (unpaired) electrons. The molecule has 2 aliphatic heterocycles. The van der Waals surface area contributed by atoms with E-state index in [1.54, 1.807) is 13.3 Å². The lowest BCUT2D eigenvalue weighted by Crippen LogP contribution is -2.28. The van der Waals surface area contributed by atoms with Gasteiger partial charge in [-0.1, -0.05) is 0 Å². The highest BCUT2D eigenvalue weighted by atomic mass is 16.5. The van der Waals surface area contributed by atoms with Crippen molar-refractivity contribution in [2.45, 2.75) is 19.3 Å². The Kier molecular flexibility index (Phi) is 6.55. The molecule has 182 valence electrons. The number of rotatable bonds is 8. The van der Waals surface area contributed by atoms with Gasteiger partial charge < -0.3 is 24.8 Å². The second kappa shape index (κ2) is 9.92. The second-order valence-electron chi connectivity index (χ2n) is 9.24. The highest BCUT2D eigenvalue weighted by molar-refractivity contribution is 5.98. The number of aromatic nitrogens is 2. The summed E-state index contributed by atoms with van der Waals surface area (Å²) in [4.78, 5) is 15.6. The van der Waals surface area contributed by atoms with Crippen LogP contribution in [0.25, 0.3) is 11.3 Å². The molecule has 3 heterocycles. The first kappa shape index (κ1) is 23.1. The smallest absolute Gasteiger partial charge is 0.220 e. The Bertz CT molecular complexity index is 1260. The molecule has 0 aliphatic carbocycles. The Morgan fingerprint density at radius 2 is 2.06 bits per heavy atom. The minimum atomic E-state index is 0.196. The predicted molar refractivity (Wildman–Crippen MR) is 137 cm³/mol. The van der Waals surface area contributed by atoms with E-state index in [2.05, 4.69) is 41.1 Å². The van der Waals surface area contributed by atoms with Crippen molar-refractivity contribution in [2.24, 2.45) is 10.9 Å². The van der Waals surface area contributed by atoms with Gasteiger partial charge in [-0.25, -0.2) is 9.97 Å². The van der Waals surface area contributed by atoms with Crippen molar-refractivity contribution in [1.82, 2.24) is 14.9 Å². The third-order valence-electron chi connectivity index (χ3n) is 6.43. The second-order valence-corrected chi connectivity index (χ2v) is 9.24. The number of anilines is 1. The van der Waals surface area contributed by atoms with Crippen molar-refractivity contribution >= 4 is 17.3 Å². The number of hydrogen-bond acceptors (Lipinski definition) is 8. The summed E-state index contributed by atoms with van der Waals surface area (Å²) in [6.45, 7) is 2.21. The molecule has 8 nitrogen and oxygen atoms in total. The van der Waals surface area contributed by atoms with Gasteiger partial charge in [0.25, 0.3) is 0 Å². The van der Waals surface area contributed by atoms with E-state index in [0.29, 0.717) is 13.2 Å². The van der Waals surface area contributed by atoms with E-state index in [1.807, 2.05) is 24.3 Å². The zero-order chi connectivity index (χ0) is 24.4. The van der Waals surface area contributed by atoms with Crippen LogP contribution >= 0.6 is 0 Å². The summed E-state index contributed by atoms with van der Waals surface area (Å²) in [7, 11) is 5.82. The van der Waals surface area contributed by atoms with E-state index < -0.39 is 0 Å². The van der Waals surface area contributed by atoms with Gasteiger partial charge in [0.1, 0.15) is 17.2 Å². The van der Waals surface area contributed by atoms with E-state index in [-0.39, 0.29) is 11.9 Å². The monoisotopic (exact) mass is 473 g/mol. The maximum atomic E-state index is 6.29. The Morgan fingerprint density at radius 3 is 2.86 bits per heavy atom. The molecular weight excluding hydrogens is 442 g/mol. The molecule has 1 unspecified atom stereocenters. The van der Waals surface area contributed by atoms with Gasteiger partial charge in [0, 0.05) is 41.9 Å². The molecule has 0 spiro atoms. The Balaban J connectivity index is 1.42. The molecule has 2 aliphatic rings. The van der Waals surface area contributed by atoms with Crippen molar-refractivity contribution in [3.63, 3.8) is 0 Å². The number of ether oxygens (including phenoxy) is 3. The fourth-order valence-electron chi connectivity index (χ4n) is 4.61. The van der Waals surface area contributed by atoms with E-state index >= 15 is 0 Å². The van der Waals surface area contributed by atoms with E-state index in [1.165, 1.54) is 0 Å². The fraction of sp³-hybridized carbons (Fsp3) is 0.370. The van der Waals surface area contributed by atoms with Crippen LogP contribution in [0.2, 0.25) is 0 Å². The third-order valence-corrected chi connectivity index (χ3v) is 6.43. The molecule has 0 saturated heterocycles. The maximum Gasteiger partial charge on any atom is 0.220 e. The van der Waals surface area contributed by atoms with Gasteiger partial charge in [-0.3, -0.25) is 4.99 Å². The largest absolute Gasteiger partial charge is 0.497 e. The summed E-state index contributed by atoms with van der Waals surface area (Å²) >= 11 is 0. The molecule has 1 atom stereocenters. The zero-order valence-corrected chi connectivity index (χ0v) is 20.5. The lowest BCUT2D eigenvalue weighted by atomic mass is 9.90. The van der Waals surface area contributed by atoms with Crippen LogP contribution in [0.3, 0.4) is 0 Å². The summed E-state index contributed by atoms with van der Waals surface area (Å²) in [5.41, 5.74) is 11.8. The molecule has 1 aromatic heterocycles. The molecule has 0 fully saturated rings. The molecule has 3 aromatic rings. The minimum Gasteiger partial charge on any atom is -0.497 e. The van der Waals surface area contributed by atoms with Crippen LogP contribution in [0.5, 0.6) is 17.2 Å². The number of hydrogen-bond donors (Lipinski definition) is 1. The summed E-state index contributed by atoms with van der Waals surface area (Å²) < 4.78 is 17.8. The van der Waals surface area contributed by atoms with Gasteiger partial charge in [-0.05, 0) is 68.9 Å². The lowest BCUT2D eigenvalue weighted by Gasteiger charge is -2.25. The summed E-state index contributed by atoms with van der Waals surface area (Å²) in [5, 5.41) is 0. The summed E-state index contributed by atoms with van der Waals surface area (Å²) in [6.07, 6.45) is 4.23. The standard InChI is InChI=1S/C27H31N5O3/c1-32(2)9-4-10-34-26-14-17(22-7-8-29-27(28)31-22)13-24-21(26)15-23(30-24)19-11-18-12-20(33-3)5-6-25(18)35-16-19/h5-8,12-14,19H,4,9-11,15-16H2,1-3H3,(H2,28,29,31). The first-order valence-electron chi connectivity index (χ1n) is 11.9. The molecule has 35 heavy (non-hydrogen) atoms. The first-order valence-corrected chi connectivity index (χ1v) is 11.9. The third kappa shape index (κ3) is 5.07. The van der Waals surface area contributed by atoms with E-state index in [4.69, 9.17) is 24.9 Å². The van der Waals surface area contributed by atoms with Crippen LogP contribution in [-0.2, 0) is 12.8 Å². The first-order chi connectivity index (χ1) is 17.0. The van der Waals surface area contributed by atoms with Crippen LogP contribution in [0.4, 0.5) is 11.6 Å². The topological polar surface area (TPSA) is 95.1 Å². The van der Waals surface area contributed by atoms with Crippen molar-refractivity contribution in [3.8, 4) is 28.5 Å². The molecule has 2 aromatic carbocycles. The number of methoxy groups -OCH3 is 1. The van der Waals surface area contributed by atoms with Crippen LogP contribution in [0.1, 0.15) is 17.5 Å². The van der Waals surface area contributed by atoms with E-state index in [9.17, 15) is 0 Å². The van der Waals surface area contributed by atoms with Gasteiger partial charge in [0.05, 0.1) is 31.7 Å². The van der Waals surface area contributed by atoms with Crippen molar-refractivity contribution in [3.05, 3.63) is 53.7 Å². The Morgan fingerprint density at radius 1 is 1.17 bits per heavy atom. The fourth-order valence-corrected chi connectivity index (χ4v) is 4.61. The van der Waals surface area contributed by atoms with Gasteiger partial charge in [-0.15, -0.1) is 0 Å². The summed E-state index contributed by atoms with van der Waals surface area (Å²) in [6, 6.07) is 11.9. The lowest BCUT2D eigenvalue weighted by molar-refractivity contribution is 0.257. The zero-order valence-electron chi connectivity index (χ0n) is 20.5. The molecule has 8 heteroatoms. The SMILES string of the molecule is COc1ccc2c(c1)CC(C1=Nc3cc(-c4ccnc(N)n4)cc(OCCCN(C)C)c3C1)CO2. The average Bonchev–Trinajstić information content (AvgIpc) is 3.30. The molecular formula is C27H31N5O3. The quantitative estimate of drug-likeness (QED) is 0.495. The number of nitrogen functional groups attached to an aromatic ring is 1. The van der Waals surface area contributed by atoms with Gasteiger partial charge >= 0.3 is 0 Å². The molecule has 0 saturated carbocycles. The van der Waals surface area contributed by atoms with Crippen LogP contribution in [0, 0.1) is 5.92 Å². The highest BCUT2D eigenvalue weighted by Gasteiger charge is 2.30. The number of benzene rings is 2. The van der Waals surface area contributed by atoms with Gasteiger partial charge in [-0.2, -0.15) is 0 Å². The number of nitrogens with two attached hydrogens (primary N) is 1. The average molecular weight is 474 g/mol. The van der Waals surface area contributed by atoms with E-state index in [0.717, 1.165) is 76.8 Å². The Labute approximate surface area is 205 Å². The normalized spacial score (nSPS) is 16.3. The number of aliphatic imine (C=N–C) groups is 1. The Hall–Kier alpha value is -3.65. The highest BCUT2D eigenvalue weighted by Crippen LogP contribution is 2.41. The van der Waals surface area contributed by atoms with Crippen molar-refractivity contribution < 1.29 is 14.2 Å². The number of nitrogens with zero attached hydrogens (tertiary/aromatic N) is 4. The van der Waals surface area contributed by atoms with Gasteiger partial charge in [0.2, 0.25) is 5.95 Å². The predicted octanol–water partition coefficient (Wildman–Crippen LogP) is 3.94. The van der Waals surface area contributed by atoms with Crippen LogP contribution in [-0.4, -0.2) is 61.5 Å². The van der Waals surface area contributed by atoms with Crippen LogP contribution in [0.15, 0.2) is 47.6 Å². The number of fused-ring (bicyclic) bond motifs is 2.